The summed E-state index contributed by atoms with van der Waals surface area (Å²) in [4.78, 5) is 2.38. The molecule has 1 aromatic rings. The second-order valence-electron chi connectivity index (χ2n) is 6.46. The van der Waals surface area contributed by atoms with E-state index in [-0.39, 0.29) is 0 Å². The van der Waals surface area contributed by atoms with Crippen molar-refractivity contribution in [2.75, 3.05) is 11.4 Å². The Labute approximate surface area is 129 Å². The predicted molar refractivity (Wildman–Crippen MR) is 90.7 cm³/mol. The molecule has 2 nitrogen and oxygen atoms in total. The van der Waals surface area contributed by atoms with Crippen molar-refractivity contribution in [3.05, 3.63) is 28.8 Å². The van der Waals surface area contributed by atoms with Crippen LogP contribution >= 0.6 is 11.6 Å². The van der Waals surface area contributed by atoms with Crippen LogP contribution in [-0.2, 0) is 6.54 Å². The summed E-state index contributed by atoms with van der Waals surface area (Å²) in [6.07, 6.45) is 0. The van der Waals surface area contributed by atoms with Gasteiger partial charge in [0.05, 0.1) is 10.7 Å². The van der Waals surface area contributed by atoms with E-state index in [0.29, 0.717) is 18.0 Å². The van der Waals surface area contributed by atoms with Crippen LogP contribution in [-0.4, -0.2) is 18.6 Å². The number of benzene rings is 1. The van der Waals surface area contributed by atoms with Gasteiger partial charge >= 0.3 is 0 Å². The third kappa shape index (κ3) is 5.34. The summed E-state index contributed by atoms with van der Waals surface area (Å²) < 4.78 is 0. The minimum atomic E-state index is 0.453. The Morgan fingerprint density at radius 2 is 1.75 bits per heavy atom. The molecule has 0 aliphatic rings. The van der Waals surface area contributed by atoms with Crippen molar-refractivity contribution in [3.8, 4) is 0 Å². The summed E-state index contributed by atoms with van der Waals surface area (Å²) in [6, 6.07) is 7.35. The van der Waals surface area contributed by atoms with E-state index in [9.17, 15) is 0 Å². The predicted octanol–water partition coefficient (Wildman–Crippen LogP) is 4.71. The van der Waals surface area contributed by atoms with Crippen LogP contribution in [0.3, 0.4) is 0 Å². The molecule has 0 atom stereocenters. The molecule has 1 aromatic carbocycles. The molecule has 0 unspecified atom stereocenters. The summed E-state index contributed by atoms with van der Waals surface area (Å²) in [5.41, 5.74) is 2.38. The van der Waals surface area contributed by atoms with Gasteiger partial charge in [-0.1, -0.05) is 45.4 Å². The Morgan fingerprint density at radius 3 is 2.20 bits per heavy atom. The molecule has 114 valence electrons. The number of nitrogens with one attached hydrogen (secondary N) is 1. The van der Waals surface area contributed by atoms with Gasteiger partial charge in [-0.05, 0) is 37.5 Å². The second kappa shape index (κ2) is 7.90. The third-order valence-corrected chi connectivity index (χ3v) is 3.52. The smallest absolute Gasteiger partial charge is 0.0642 e. The molecule has 0 radical (unpaired) electrons. The normalized spacial score (nSPS) is 11.7. The molecule has 0 spiro atoms. The van der Waals surface area contributed by atoms with E-state index in [1.54, 1.807) is 0 Å². The van der Waals surface area contributed by atoms with Gasteiger partial charge in [-0.2, -0.15) is 0 Å². The lowest BCUT2D eigenvalue weighted by Gasteiger charge is -2.31. The molecule has 0 saturated carbocycles. The van der Waals surface area contributed by atoms with Gasteiger partial charge in [0.25, 0.3) is 0 Å². The molecule has 0 heterocycles. The van der Waals surface area contributed by atoms with Gasteiger partial charge < -0.3 is 10.2 Å². The standard InChI is InChI=1S/C17H29ClN2/c1-12(2)11-20(14(5)6)17-8-7-15(9-16(17)18)10-19-13(3)4/h7-9,12-14,19H,10-11H2,1-6H3. The molecule has 0 amide bonds. The van der Waals surface area contributed by atoms with Crippen molar-refractivity contribution >= 4 is 17.3 Å². The summed E-state index contributed by atoms with van der Waals surface area (Å²) in [5, 5.41) is 4.27. The molecule has 1 N–H and O–H groups in total. The highest BCUT2D eigenvalue weighted by molar-refractivity contribution is 6.33. The van der Waals surface area contributed by atoms with E-state index in [2.05, 4.69) is 70.0 Å². The highest BCUT2D eigenvalue weighted by Crippen LogP contribution is 2.29. The topological polar surface area (TPSA) is 15.3 Å². The second-order valence-corrected chi connectivity index (χ2v) is 6.87. The molecule has 0 saturated heterocycles. The van der Waals surface area contributed by atoms with E-state index in [1.165, 1.54) is 5.56 Å². The van der Waals surface area contributed by atoms with Gasteiger partial charge in [-0.25, -0.2) is 0 Å². The number of anilines is 1. The fourth-order valence-corrected chi connectivity index (χ4v) is 2.51. The van der Waals surface area contributed by atoms with E-state index in [0.717, 1.165) is 23.8 Å². The zero-order chi connectivity index (χ0) is 15.3. The molecular formula is C17H29ClN2. The maximum Gasteiger partial charge on any atom is 0.0642 e. The largest absolute Gasteiger partial charge is 0.368 e. The Kier molecular flexibility index (Phi) is 6.84. The molecule has 0 bridgehead atoms. The molecule has 0 aromatic heterocycles. The van der Waals surface area contributed by atoms with Crippen LogP contribution in [0, 0.1) is 5.92 Å². The minimum Gasteiger partial charge on any atom is -0.368 e. The van der Waals surface area contributed by atoms with Crippen molar-refractivity contribution in [3.63, 3.8) is 0 Å². The van der Waals surface area contributed by atoms with Crippen molar-refractivity contribution in [2.24, 2.45) is 5.92 Å². The molecule has 0 aliphatic heterocycles. The van der Waals surface area contributed by atoms with Crippen LogP contribution in [0.15, 0.2) is 18.2 Å². The lowest BCUT2D eigenvalue weighted by atomic mass is 10.1. The van der Waals surface area contributed by atoms with E-state index in [4.69, 9.17) is 11.6 Å². The first-order valence-electron chi connectivity index (χ1n) is 7.59. The summed E-state index contributed by atoms with van der Waals surface area (Å²) in [6.45, 7) is 15.1. The van der Waals surface area contributed by atoms with Crippen LogP contribution in [0.4, 0.5) is 5.69 Å². The first-order valence-corrected chi connectivity index (χ1v) is 7.97. The van der Waals surface area contributed by atoms with Crippen molar-refractivity contribution in [1.29, 1.82) is 0 Å². The lowest BCUT2D eigenvalue weighted by molar-refractivity contribution is 0.570. The molecule has 3 heteroatoms. The van der Waals surface area contributed by atoms with Crippen molar-refractivity contribution < 1.29 is 0 Å². The highest BCUT2D eigenvalue weighted by Gasteiger charge is 2.15. The fourth-order valence-electron chi connectivity index (χ4n) is 2.20. The molecule has 0 fully saturated rings. The van der Waals surface area contributed by atoms with Gasteiger partial charge in [-0.15, -0.1) is 0 Å². The van der Waals surface area contributed by atoms with Gasteiger partial charge in [-0.3, -0.25) is 0 Å². The zero-order valence-corrected chi connectivity index (χ0v) is 14.5. The number of rotatable bonds is 7. The maximum atomic E-state index is 6.50. The summed E-state index contributed by atoms with van der Waals surface area (Å²) in [5.74, 6) is 0.621. The summed E-state index contributed by atoms with van der Waals surface area (Å²) >= 11 is 6.50. The first kappa shape index (κ1) is 17.3. The Balaban J connectivity index is 2.89. The average Bonchev–Trinajstić information content (AvgIpc) is 2.33. The highest BCUT2D eigenvalue weighted by atomic mass is 35.5. The van der Waals surface area contributed by atoms with Crippen molar-refractivity contribution in [1.82, 2.24) is 5.32 Å². The van der Waals surface area contributed by atoms with Crippen LogP contribution < -0.4 is 10.2 Å². The number of nitrogens with zero attached hydrogens (tertiary/aromatic N) is 1. The van der Waals surface area contributed by atoms with Crippen molar-refractivity contribution in [2.45, 2.75) is 60.2 Å². The maximum absolute atomic E-state index is 6.50. The SMILES string of the molecule is CC(C)CN(c1ccc(CNC(C)C)cc1Cl)C(C)C. The average molecular weight is 297 g/mol. The Hall–Kier alpha value is -0.730. The molecule has 20 heavy (non-hydrogen) atoms. The molecule has 0 aliphatic carbocycles. The molecule has 1 rings (SSSR count). The number of hydrogen-bond donors (Lipinski definition) is 1. The Bertz CT molecular complexity index is 413. The van der Waals surface area contributed by atoms with Gasteiger partial charge in [0.15, 0.2) is 0 Å². The monoisotopic (exact) mass is 296 g/mol. The van der Waals surface area contributed by atoms with Crippen LogP contribution in [0.2, 0.25) is 5.02 Å². The van der Waals surface area contributed by atoms with E-state index in [1.807, 2.05) is 0 Å². The van der Waals surface area contributed by atoms with E-state index < -0.39 is 0 Å². The van der Waals surface area contributed by atoms with E-state index >= 15 is 0 Å². The third-order valence-electron chi connectivity index (χ3n) is 3.22. The Morgan fingerprint density at radius 1 is 1.10 bits per heavy atom. The fraction of sp³-hybridized carbons (Fsp3) is 0.647. The van der Waals surface area contributed by atoms with Gasteiger partial charge in [0.2, 0.25) is 0 Å². The molecular weight excluding hydrogens is 268 g/mol. The number of halogens is 1. The number of hydrogen-bond acceptors (Lipinski definition) is 2. The van der Waals surface area contributed by atoms with Crippen LogP contribution in [0.1, 0.15) is 47.1 Å². The van der Waals surface area contributed by atoms with Crippen LogP contribution in [0.25, 0.3) is 0 Å². The van der Waals surface area contributed by atoms with Gasteiger partial charge in [0, 0.05) is 25.2 Å². The quantitative estimate of drug-likeness (QED) is 0.784. The van der Waals surface area contributed by atoms with Gasteiger partial charge in [0.1, 0.15) is 0 Å². The summed E-state index contributed by atoms with van der Waals surface area (Å²) in [7, 11) is 0. The minimum absolute atomic E-state index is 0.453. The first-order chi connectivity index (χ1) is 9.31. The zero-order valence-electron chi connectivity index (χ0n) is 13.7. The van der Waals surface area contributed by atoms with Crippen LogP contribution in [0.5, 0.6) is 0 Å². The lowest BCUT2D eigenvalue weighted by Crippen LogP contribution is -2.34.